The molecule has 0 bridgehead atoms. The molecule has 0 aliphatic heterocycles. The molecule has 0 saturated carbocycles. The van der Waals surface area contributed by atoms with Crippen molar-refractivity contribution in [2.75, 3.05) is 11.9 Å². The highest BCUT2D eigenvalue weighted by atomic mass is 32.1. The van der Waals surface area contributed by atoms with Gasteiger partial charge in [0.15, 0.2) is 10.2 Å². The van der Waals surface area contributed by atoms with Crippen LogP contribution in [0.4, 0.5) is 5.13 Å². The molecule has 1 aromatic heterocycles. The van der Waals surface area contributed by atoms with E-state index in [1.54, 1.807) is 10.8 Å². The number of guanidine groups is 1. The number of anilines is 1. The number of carbonyl (C=O) groups is 3. The molecule has 0 saturated heterocycles. The molecule has 0 aliphatic rings. The van der Waals surface area contributed by atoms with Crippen LogP contribution in [0.25, 0.3) is 0 Å². The fraction of sp³-hybridized carbons (Fsp3) is 0.650. The van der Waals surface area contributed by atoms with Crippen LogP contribution in [-0.4, -0.2) is 63.1 Å². The first-order chi connectivity index (χ1) is 16.6. The summed E-state index contributed by atoms with van der Waals surface area (Å²) < 4.78 is 0. The molecule has 0 aromatic carbocycles. The lowest BCUT2D eigenvalue weighted by molar-refractivity contribution is -0.525. The summed E-state index contributed by atoms with van der Waals surface area (Å²) in [7, 11) is 0. The number of hydroxylamine groups is 2. The Morgan fingerprint density at radius 3 is 2.63 bits per heavy atom. The van der Waals surface area contributed by atoms with E-state index >= 15 is 0 Å². The van der Waals surface area contributed by atoms with Crippen molar-refractivity contribution < 1.29 is 24.6 Å². The van der Waals surface area contributed by atoms with Crippen molar-refractivity contribution in [1.29, 1.82) is 0 Å². The number of carbonyl (C=O) groups excluding carboxylic acids is 3. The van der Waals surface area contributed by atoms with Gasteiger partial charge < -0.3 is 16.4 Å². The van der Waals surface area contributed by atoms with Crippen LogP contribution in [0, 0.1) is 22.0 Å². The molecule has 3 atom stereocenters. The smallest absolute Gasteiger partial charge is 0.251 e. The van der Waals surface area contributed by atoms with Crippen molar-refractivity contribution in [1.82, 2.24) is 20.8 Å². The number of nitro groups is 1. The Morgan fingerprint density at radius 1 is 1.37 bits per heavy atom. The van der Waals surface area contributed by atoms with Gasteiger partial charge in [-0.2, -0.15) is 0 Å². The second kappa shape index (κ2) is 15.5. The zero-order valence-electron chi connectivity index (χ0n) is 20.0. The van der Waals surface area contributed by atoms with Crippen molar-refractivity contribution >= 4 is 40.7 Å². The third-order valence-corrected chi connectivity index (χ3v) is 5.68. The zero-order chi connectivity index (χ0) is 26.4. The molecule has 1 heterocycles. The predicted molar refractivity (Wildman–Crippen MR) is 130 cm³/mol. The monoisotopic (exact) mass is 514 g/mol. The van der Waals surface area contributed by atoms with E-state index in [1.807, 2.05) is 20.8 Å². The average Bonchev–Trinajstić information content (AvgIpc) is 3.29. The quantitative estimate of drug-likeness (QED) is 0.0407. The Morgan fingerprint density at radius 2 is 2.09 bits per heavy atom. The first-order valence-electron chi connectivity index (χ1n) is 11.2. The van der Waals surface area contributed by atoms with E-state index < -0.39 is 34.8 Å². The molecule has 196 valence electrons. The molecule has 35 heavy (non-hydrogen) atoms. The van der Waals surface area contributed by atoms with Crippen molar-refractivity contribution in [2.24, 2.45) is 22.6 Å². The summed E-state index contributed by atoms with van der Waals surface area (Å²) in [6, 6.07) is -1.73. The Balaban J connectivity index is 3.03. The second-order valence-corrected chi connectivity index (χ2v) is 9.14. The van der Waals surface area contributed by atoms with Crippen LogP contribution in [0.5, 0.6) is 0 Å². The molecular weight excluding hydrogens is 480 g/mol. The molecular formula is C20H34N8O6S. The maximum Gasteiger partial charge on any atom is 0.251 e. The van der Waals surface area contributed by atoms with Gasteiger partial charge in [0.2, 0.25) is 18.2 Å². The molecule has 14 nitrogen and oxygen atoms in total. The Kier molecular flexibility index (Phi) is 13.2. The summed E-state index contributed by atoms with van der Waals surface area (Å²) in [4.78, 5) is 55.7. The summed E-state index contributed by atoms with van der Waals surface area (Å²) in [6.45, 7) is 5.78. The summed E-state index contributed by atoms with van der Waals surface area (Å²) in [5.41, 5.74) is 7.12. The standard InChI is InChI=1S/C20H34N8O6S/c1-4-6-16(27(32)12-29)14(11-13(2)3)17(30)24-15(18(31)25-20-23-9-10-35-20)7-5-8-22-19(21)26-28(33)34/h9-10,12-16,32H,4-8,11H2,1-3H3,(H,24,30)(H3,21,22,26)(H,23,25,31)/t14-,15-,16-/m1/s1. The van der Waals surface area contributed by atoms with Crippen molar-refractivity contribution in [3.63, 3.8) is 0 Å². The minimum absolute atomic E-state index is 0.0764. The Bertz CT molecular complexity index is 851. The van der Waals surface area contributed by atoms with E-state index in [4.69, 9.17) is 5.73 Å². The molecule has 6 N–H and O–H groups in total. The number of hydrazine groups is 1. The molecule has 0 radical (unpaired) electrons. The maximum atomic E-state index is 13.3. The maximum absolute atomic E-state index is 13.3. The highest BCUT2D eigenvalue weighted by Crippen LogP contribution is 2.23. The van der Waals surface area contributed by atoms with Gasteiger partial charge in [-0.25, -0.2) is 25.2 Å². The molecule has 0 spiro atoms. The minimum atomic E-state index is -0.980. The van der Waals surface area contributed by atoms with Gasteiger partial charge in [0.05, 0.1) is 12.0 Å². The van der Waals surface area contributed by atoms with Crippen LogP contribution in [0.15, 0.2) is 16.6 Å². The summed E-state index contributed by atoms with van der Waals surface area (Å²) in [6.07, 6.45) is 3.64. The molecule has 0 aliphatic carbocycles. The van der Waals surface area contributed by atoms with Crippen molar-refractivity contribution in [2.45, 2.75) is 65.0 Å². The number of hydrogen-bond acceptors (Lipinski definition) is 9. The molecule has 1 aromatic rings. The van der Waals surface area contributed by atoms with Gasteiger partial charge in [-0.3, -0.25) is 19.6 Å². The normalized spacial score (nSPS) is 14.0. The van der Waals surface area contributed by atoms with E-state index in [1.165, 1.54) is 17.5 Å². The molecule has 0 unspecified atom stereocenters. The van der Waals surface area contributed by atoms with E-state index in [0.717, 1.165) is 0 Å². The number of nitrogens with zero attached hydrogens (tertiary/aromatic N) is 4. The number of aliphatic imine (C=N–C) groups is 1. The van der Waals surface area contributed by atoms with E-state index in [-0.39, 0.29) is 37.7 Å². The van der Waals surface area contributed by atoms with Gasteiger partial charge in [0.25, 0.3) is 5.96 Å². The van der Waals surface area contributed by atoms with Crippen LogP contribution in [0.2, 0.25) is 0 Å². The van der Waals surface area contributed by atoms with Gasteiger partial charge in [-0.1, -0.05) is 32.6 Å². The molecule has 0 fully saturated rings. The number of nitrogens with two attached hydrogens (primary N) is 1. The van der Waals surface area contributed by atoms with E-state index in [9.17, 15) is 29.7 Å². The fourth-order valence-electron chi connectivity index (χ4n) is 3.49. The second-order valence-electron chi connectivity index (χ2n) is 8.24. The molecule has 3 amide bonds. The van der Waals surface area contributed by atoms with Gasteiger partial charge >= 0.3 is 0 Å². The third-order valence-electron chi connectivity index (χ3n) is 4.99. The lowest BCUT2D eigenvalue weighted by Gasteiger charge is -2.32. The van der Waals surface area contributed by atoms with Crippen LogP contribution in [0.1, 0.15) is 52.9 Å². The number of hydrogen-bond donors (Lipinski definition) is 5. The topological polar surface area (TPSA) is 205 Å². The largest absolute Gasteiger partial charge is 0.365 e. The number of aromatic nitrogens is 1. The number of thiazole rings is 1. The van der Waals surface area contributed by atoms with Crippen molar-refractivity contribution in [3.05, 3.63) is 21.7 Å². The van der Waals surface area contributed by atoms with E-state index in [0.29, 0.717) is 29.5 Å². The minimum Gasteiger partial charge on any atom is -0.365 e. The third kappa shape index (κ3) is 11.1. The lowest BCUT2D eigenvalue weighted by Crippen LogP contribution is -2.51. The van der Waals surface area contributed by atoms with Gasteiger partial charge in [-0.15, -0.1) is 11.3 Å². The van der Waals surface area contributed by atoms with Crippen molar-refractivity contribution in [3.8, 4) is 0 Å². The summed E-state index contributed by atoms with van der Waals surface area (Å²) >= 11 is 1.21. The van der Waals surface area contributed by atoms with Crippen LogP contribution in [0.3, 0.4) is 0 Å². The van der Waals surface area contributed by atoms with Crippen LogP contribution in [-0.2, 0) is 14.4 Å². The van der Waals surface area contributed by atoms with Crippen LogP contribution < -0.4 is 21.8 Å². The summed E-state index contributed by atoms with van der Waals surface area (Å²) in [5, 5.41) is 27.6. The first kappa shape index (κ1) is 29.7. The molecule has 15 heteroatoms. The highest BCUT2D eigenvalue weighted by molar-refractivity contribution is 7.13. The predicted octanol–water partition coefficient (Wildman–Crippen LogP) is 1.12. The SMILES string of the molecule is CCC[C@H]([C@@H](CC(C)C)C(=O)N[C@H](CCCN=C(N)N[N+](=O)[O-])C(=O)Nc1nccs1)N(O)C=O. The fourth-order valence-corrected chi connectivity index (χ4v) is 4.02. The summed E-state index contributed by atoms with van der Waals surface area (Å²) in [5.74, 6) is -2.02. The molecule has 1 rings (SSSR count). The van der Waals surface area contributed by atoms with Crippen LogP contribution >= 0.6 is 11.3 Å². The first-order valence-corrected chi connectivity index (χ1v) is 12.1. The number of amides is 3. The Labute approximate surface area is 207 Å². The average molecular weight is 515 g/mol. The van der Waals surface area contributed by atoms with Gasteiger partial charge in [0.1, 0.15) is 6.04 Å². The lowest BCUT2D eigenvalue weighted by atomic mass is 9.86. The van der Waals surface area contributed by atoms with Gasteiger partial charge in [-0.05, 0) is 31.6 Å². The number of nitrogens with one attached hydrogen (secondary N) is 3. The zero-order valence-corrected chi connectivity index (χ0v) is 20.9. The van der Waals surface area contributed by atoms with Gasteiger partial charge in [0, 0.05) is 18.1 Å². The number of rotatable bonds is 16. The highest BCUT2D eigenvalue weighted by Gasteiger charge is 2.34. The van der Waals surface area contributed by atoms with E-state index in [2.05, 4.69) is 20.6 Å². The Hall–Kier alpha value is -3.33.